The first-order valence-electron chi connectivity index (χ1n) is 15.1. The summed E-state index contributed by atoms with van der Waals surface area (Å²) < 4.78 is 30.3. The van der Waals surface area contributed by atoms with Crippen LogP contribution in [0.15, 0.2) is 18.2 Å². The van der Waals surface area contributed by atoms with Crippen LogP contribution in [-0.4, -0.2) is 110 Å². The number of hydrogen-bond donors (Lipinski definition) is 5. The van der Waals surface area contributed by atoms with E-state index in [1.807, 2.05) is 12.1 Å². The number of piperazine rings is 1. The molecule has 2 aromatic rings. The van der Waals surface area contributed by atoms with Gasteiger partial charge in [-0.05, 0) is 44.5 Å². The zero-order valence-corrected chi connectivity index (χ0v) is 27.7. The molecule has 2 aliphatic rings. The quantitative estimate of drug-likeness (QED) is 0.179. The third-order valence-electron chi connectivity index (χ3n) is 8.04. The standard InChI is InChI=1S/C28H43Cl2N9O5S/c1-2-3-22-18-38(27-25(30)35-24(26(31)36-27)28(41)33-8-14-40)12-13-39(22)21-6-10-37(11-7-21)17-19-4-5-20(29)16-23(19)44-15-9-34-45(32,42)43/h4-5,16,21-22,34,40H,2-3,6-15,17-18H2,1H3,(H2,31,36)(H,33,41)(H2,32,42,43)/t22-/m0/s1. The molecule has 3 heterocycles. The molecule has 1 amide bonds. The molecule has 0 radical (unpaired) electrons. The van der Waals surface area contributed by atoms with Crippen LogP contribution in [0.1, 0.15) is 48.7 Å². The van der Waals surface area contributed by atoms with Gasteiger partial charge in [-0.2, -0.15) is 13.1 Å². The highest BCUT2D eigenvalue weighted by Crippen LogP contribution is 2.31. The predicted octanol–water partition coefficient (Wildman–Crippen LogP) is 1.21. The van der Waals surface area contributed by atoms with Gasteiger partial charge in [-0.15, -0.1) is 0 Å². The Labute approximate surface area is 274 Å². The average Bonchev–Trinajstić information content (AvgIpc) is 3.00. The number of nitrogens with one attached hydrogen (secondary N) is 2. The van der Waals surface area contributed by atoms with Gasteiger partial charge in [-0.3, -0.25) is 14.6 Å². The fourth-order valence-corrected chi connectivity index (χ4v) is 6.74. The number of hydrogen-bond acceptors (Lipinski definition) is 11. The number of carbonyl (C=O) groups excluding carboxylic acids is 1. The number of aliphatic hydroxyl groups is 1. The van der Waals surface area contributed by atoms with Gasteiger partial charge < -0.3 is 25.8 Å². The van der Waals surface area contributed by atoms with Crippen molar-refractivity contribution in [2.75, 3.05) is 69.7 Å². The van der Waals surface area contributed by atoms with E-state index in [1.165, 1.54) is 0 Å². The molecule has 2 aliphatic heterocycles. The third-order valence-corrected chi connectivity index (χ3v) is 9.13. The van der Waals surface area contributed by atoms with E-state index < -0.39 is 16.1 Å². The van der Waals surface area contributed by atoms with E-state index >= 15 is 0 Å². The minimum absolute atomic E-state index is 0.00102. The zero-order valence-electron chi connectivity index (χ0n) is 25.4. The second kappa shape index (κ2) is 16.4. The number of nitrogen functional groups attached to an aromatic ring is 1. The van der Waals surface area contributed by atoms with Gasteiger partial charge in [0, 0.05) is 61.9 Å². The maximum atomic E-state index is 12.3. The summed E-state index contributed by atoms with van der Waals surface area (Å²) in [6.45, 7) is 7.07. The number of nitrogens with two attached hydrogens (primary N) is 2. The lowest BCUT2D eigenvalue weighted by molar-refractivity contribution is 0.0587. The SMILES string of the molecule is CCC[C@H]1CN(c2nc(N)c(C(=O)NCCO)nc2Cl)CCN1C1CCN(Cc2ccc(Cl)cc2OCCNS(N)(=O)=O)CC1. The Morgan fingerprint density at radius 3 is 2.60 bits per heavy atom. The van der Waals surface area contributed by atoms with Gasteiger partial charge in [-0.25, -0.2) is 15.1 Å². The Kier molecular flexibility index (Phi) is 12.9. The number of aromatic nitrogens is 2. The minimum atomic E-state index is -3.78. The Morgan fingerprint density at radius 2 is 1.91 bits per heavy atom. The normalized spacial score (nSPS) is 18.7. The molecule has 250 valence electrons. The number of ether oxygens (including phenoxy) is 1. The van der Waals surface area contributed by atoms with Gasteiger partial charge in [0.05, 0.1) is 6.61 Å². The van der Waals surface area contributed by atoms with Crippen LogP contribution < -0.4 is 30.5 Å². The largest absolute Gasteiger partial charge is 0.492 e. The highest BCUT2D eigenvalue weighted by atomic mass is 35.5. The summed E-state index contributed by atoms with van der Waals surface area (Å²) in [7, 11) is -3.78. The summed E-state index contributed by atoms with van der Waals surface area (Å²) in [6, 6.07) is 6.27. The Bertz CT molecular complexity index is 1410. The van der Waals surface area contributed by atoms with Crippen LogP contribution in [0, 0.1) is 0 Å². The van der Waals surface area contributed by atoms with Gasteiger partial charge in [0.25, 0.3) is 16.1 Å². The number of carbonyl (C=O) groups is 1. The molecule has 7 N–H and O–H groups in total. The van der Waals surface area contributed by atoms with Gasteiger partial charge in [0.1, 0.15) is 12.4 Å². The van der Waals surface area contributed by atoms with Gasteiger partial charge in [0.2, 0.25) is 0 Å². The Morgan fingerprint density at radius 1 is 1.16 bits per heavy atom. The lowest BCUT2D eigenvalue weighted by Gasteiger charge is -2.48. The Hall–Kier alpha value is -2.50. The molecule has 14 nitrogen and oxygen atoms in total. The van der Waals surface area contributed by atoms with Crippen LogP contribution in [0.25, 0.3) is 0 Å². The van der Waals surface area contributed by atoms with Crippen LogP contribution in [0.2, 0.25) is 10.2 Å². The van der Waals surface area contributed by atoms with E-state index in [1.54, 1.807) is 6.07 Å². The van der Waals surface area contributed by atoms with E-state index in [0.717, 1.165) is 57.4 Å². The predicted molar refractivity (Wildman–Crippen MR) is 175 cm³/mol. The van der Waals surface area contributed by atoms with Crippen LogP contribution in [0.4, 0.5) is 11.6 Å². The van der Waals surface area contributed by atoms with E-state index in [9.17, 15) is 13.2 Å². The highest BCUT2D eigenvalue weighted by Gasteiger charge is 2.35. The summed E-state index contributed by atoms with van der Waals surface area (Å²) in [5.41, 5.74) is 7.03. The van der Waals surface area contributed by atoms with E-state index in [0.29, 0.717) is 41.8 Å². The van der Waals surface area contributed by atoms with Gasteiger partial charge in [-0.1, -0.05) is 42.6 Å². The number of likely N-dealkylation sites (tertiary alicyclic amines) is 1. The number of piperidine rings is 1. The maximum Gasteiger partial charge on any atom is 0.274 e. The van der Waals surface area contributed by atoms with Crippen molar-refractivity contribution in [3.05, 3.63) is 39.6 Å². The number of anilines is 2. The molecule has 2 saturated heterocycles. The van der Waals surface area contributed by atoms with Crippen molar-refractivity contribution >= 4 is 51.0 Å². The smallest absolute Gasteiger partial charge is 0.274 e. The van der Waals surface area contributed by atoms with Crippen molar-refractivity contribution in [2.24, 2.45) is 5.14 Å². The van der Waals surface area contributed by atoms with Crippen molar-refractivity contribution in [1.29, 1.82) is 0 Å². The lowest BCUT2D eigenvalue weighted by Crippen LogP contribution is -2.58. The van der Waals surface area contributed by atoms with Crippen LogP contribution in [0.3, 0.4) is 0 Å². The second-order valence-corrected chi connectivity index (χ2v) is 13.4. The molecule has 45 heavy (non-hydrogen) atoms. The summed E-state index contributed by atoms with van der Waals surface area (Å²) >= 11 is 12.7. The van der Waals surface area contributed by atoms with Crippen LogP contribution in [0.5, 0.6) is 5.75 Å². The summed E-state index contributed by atoms with van der Waals surface area (Å²) in [5.74, 6) is 0.576. The molecule has 0 unspecified atom stereocenters. The average molecular weight is 689 g/mol. The molecule has 0 saturated carbocycles. The summed E-state index contributed by atoms with van der Waals surface area (Å²) in [4.78, 5) is 28.2. The number of halogens is 2. The molecule has 0 spiro atoms. The van der Waals surface area contributed by atoms with Crippen LogP contribution in [-0.2, 0) is 16.8 Å². The number of rotatable bonds is 14. The van der Waals surface area contributed by atoms with Crippen molar-refractivity contribution in [1.82, 2.24) is 29.8 Å². The summed E-state index contributed by atoms with van der Waals surface area (Å²) in [6.07, 6.45) is 4.09. The second-order valence-electron chi connectivity index (χ2n) is 11.2. The fourth-order valence-electron chi connectivity index (χ4n) is 5.96. The molecule has 1 aromatic heterocycles. The molecule has 17 heteroatoms. The minimum Gasteiger partial charge on any atom is -0.492 e. The first-order valence-corrected chi connectivity index (χ1v) is 17.4. The third kappa shape index (κ3) is 9.99. The van der Waals surface area contributed by atoms with Gasteiger partial charge >= 0.3 is 0 Å². The number of benzene rings is 1. The fraction of sp³-hybridized carbons (Fsp3) is 0.607. The molecular formula is C28H43Cl2N9O5S. The van der Waals surface area contributed by atoms with Crippen molar-refractivity contribution in [3.8, 4) is 5.75 Å². The van der Waals surface area contributed by atoms with Crippen molar-refractivity contribution in [2.45, 2.75) is 51.2 Å². The highest BCUT2D eigenvalue weighted by molar-refractivity contribution is 7.87. The van der Waals surface area contributed by atoms with Crippen LogP contribution >= 0.6 is 23.2 Å². The van der Waals surface area contributed by atoms with Crippen molar-refractivity contribution in [3.63, 3.8) is 0 Å². The first-order chi connectivity index (χ1) is 21.5. The number of aliphatic hydroxyl groups excluding tert-OH is 1. The Balaban J connectivity index is 1.35. The molecule has 0 bridgehead atoms. The van der Waals surface area contributed by atoms with Gasteiger partial charge in [0.15, 0.2) is 22.5 Å². The molecule has 1 aromatic carbocycles. The van der Waals surface area contributed by atoms with E-state index in [-0.39, 0.29) is 43.0 Å². The van der Waals surface area contributed by atoms with E-state index in [4.69, 9.17) is 43.9 Å². The first kappa shape index (κ1) is 35.4. The van der Waals surface area contributed by atoms with Crippen molar-refractivity contribution < 1.29 is 23.1 Å². The molecule has 2 fully saturated rings. The molecule has 4 rings (SSSR count). The topological polar surface area (TPSA) is 192 Å². The van der Waals surface area contributed by atoms with E-state index in [2.05, 4.69) is 41.6 Å². The monoisotopic (exact) mass is 687 g/mol. The molecule has 0 aliphatic carbocycles. The zero-order chi connectivity index (χ0) is 32.6. The lowest BCUT2D eigenvalue weighted by atomic mass is 9.97. The summed E-state index contributed by atoms with van der Waals surface area (Å²) in [5, 5.41) is 17.2. The maximum absolute atomic E-state index is 12.3. The molecular weight excluding hydrogens is 645 g/mol. The number of amides is 1. The number of nitrogens with zero attached hydrogens (tertiary/aromatic N) is 5. The molecule has 1 atom stereocenters.